The van der Waals surface area contributed by atoms with Crippen LogP contribution >= 0.6 is 0 Å². The van der Waals surface area contributed by atoms with Crippen LogP contribution in [0.3, 0.4) is 0 Å². The van der Waals surface area contributed by atoms with Crippen molar-refractivity contribution in [2.75, 3.05) is 32.8 Å². The van der Waals surface area contributed by atoms with Gasteiger partial charge in [-0.15, -0.1) is 0 Å². The third-order valence-corrected chi connectivity index (χ3v) is 7.35. The van der Waals surface area contributed by atoms with Crippen molar-refractivity contribution in [2.45, 2.75) is 23.8 Å². The first-order valence-electron chi connectivity index (χ1n) is 8.61. The molecule has 6 nitrogen and oxygen atoms in total. The molecule has 1 aromatic rings. The first-order chi connectivity index (χ1) is 12.0. The van der Waals surface area contributed by atoms with E-state index in [2.05, 4.69) is 0 Å². The number of benzene rings is 1. The zero-order valence-electron chi connectivity index (χ0n) is 13.8. The quantitative estimate of drug-likeness (QED) is 0.798. The lowest BCUT2D eigenvalue weighted by molar-refractivity contribution is -0.128. The van der Waals surface area contributed by atoms with Crippen LogP contribution in [0.15, 0.2) is 29.2 Å². The maximum absolute atomic E-state index is 13.9. The van der Waals surface area contributed by atoms with Crippen molar-refractivity contribution in [3.05, 3.63) is 30.1 Å². The number of ether oxygens (including phenoxy) is 1. The van der Waals surface area contributed by atoms with Gasteiger partial charge in [-0.05, 0) is 18.6 Å². The molecule has 0 unspecified atom stereocenters. The molecule has 3 aliphatic rings. The topological polar surface area (TPSA) is 66.9 Å². The van der Waals surface area contributed by atoms with Gasteiger partial charge in [-0.2, -0.15) is 4.31 Å². The highest BCUT2D eigenvalue weighted by molar-refractivity contribution is 7.89. The molecule has 3 heterocycles. The van der Waals surface area contributed by atoms with Gasteiger partial charge in [-0.25, -0.2) is 12.8 Å². The van der Waals surface area contributed by atoms with Crippen LogP contribution in [0, 0.1) is 17.7 Å². The van der Waals surface area contributed by atoms with Crippen molar-refractivity contribution < 1.29 is 22.3 Å². The summed E-state index contributed by atoms with van der Waals surface area (Å²) in [6, 6.07) is 5.44. The minimum Gasteiger partial charge on any atom is -0.376 e. The van der Waals surface area contributed by atoms with E-state index in [9.17, 15) is 17.6 Å². The maximum atomic E-state index is 13.9. The number of rotatable bonds is 4. The van der Waals surface area contributed by atoms with Crippen molar-refractivity contribution in [3.8, 4) is 0 Å². The Bertz CT molecular complexity index is 785. The first kappa shape index (κ1) is 16.9. The predicted molar refractivity (Wildman–Crippen MR) is 87.7 cm³/mol. The molecule has 0 spiro atoms. The molecule has 0 radical (unpaired) electrons. The van der Waals surface area contributed by atoms with E-state index in [1.54, 1.807) is 0 Å². The Hall–Kier alpha value is -1.51. The molecule has 0 aromatic heterocycles. The molecule has 1 aromatic carbocycles. The van der Waals surface area contributed by atoms with E-state index in [0.29, 0.717) is 26.1 Å². The van der Waals surface area contributed by atoms with Gasteiger partial charge >= 0.3 is 0 Å². The van der Waals surface area contributed by atoms with Crippen LogP contribution < -0.4 is 0 Å². The van der Waals surface area contributed by atoms with E-state index in [4.69, 9.17) is 4.74 Å². The van der Waals surface area contributed by atoms with Gasteiger partial charge in [0.05, 0.1) is 12.7 Å². The summed E-state index contributed by atoms with van der Waals surface area (Å²) in [7, 11) is -3.88. The molecule has 8 heteroatoms. The number of hydrogen-bond acceptors (Lipinski definition) is 4. The Balaban J connectivity index is 1.49. The lowest BCUT2D eigenvalue weighted by Crippen LogP contribution is -2.36. The molecule has 3 atom stereocenters. The van der Waals surface area contributed by atoms with Gasteiger partial charge in [-0.1, -0.05) is 12.1 Å². The number of nitrogens with zero attached hydrogens (tertiary/aromatic N) is 2. The summed E-state index contributed by atoms with van der Waals surface area (Å²) in [5, 5.41) is 0. The lowest BCUT2D eigenvalue weighted by Gasteiger charge is -2.24. The van der Waals surface area contributed by atoms with Gasteiger partial charge in [0.15, 0.2) is 0 Å². The van der Waals surface area contributed by atoms with Gasteiger partial charge in [0.1, 0.15) is 10.7 Å². The molecule has 0 saturated carbocycles. The first-order valence-corrected chi connectivity index (χ1v) is 10.0. The SMILES string of the molecule is O=C1CCCN1C[C@H]1CO[C@@H]2CN(S(=O)(=O)c3ccccc3F)C[C@H]12. The van der Waals surface area contributed by atoms with Gasteiger partial charge in [0.25, 0.3) is 0 Å². The number of likely N-dealkylation sites (tertiary alicyclic amines) is 1. The summed E-state index contributed by atoms with van der Waals surface area (Å²) in [5.74, 6) is -0.389. The summed E-state index contributed by atoms with van der Waals surface area (Å²) in [6.07, 6.45) is 1.30. The summed E-state index contributed by atoms with van der Waals surface area (Å²) in [5.41, 5.74) is 0. The molecule has 3 saturated heterocycles. The Labute approximate surface area is 146 Å². The smallest absolute Gasteiger partial charge is 0.246 e. The molecule has 3 aliphatic heterocycles. The highest BCUT2D eigenvalue weighted by Gasteiger charge is 2.48. The third kappa shape index (κ3) is 2.96. The number of hydrogen-bond donors (Lipinski definition) is 0. The van der Waals surface area contributed by atoms with E-state index >= 15 is 0 Å². The predicted octanol–water partition coefficient (Wildman–Crippen LogP) is 1.08. The van der Waals surface area contributed by atoms with E-state index in [1.165, 1.54) is 22.5 Å². The summed E-state index contributed by atoms with van der Waals surface area (Å²) < 4.78 is 46.6. The monoisotopic (exact) mass is 368 g/mol. The Morgan fingerprint density at radius 1 is 1.24 bits per heavy atom. The second kappa shape index (κ2) is 6.34. The van der Waals surface area contributed by atoms with Crippen molar-refractivity contribution in [1.29, 1.82) is 0 Å². The Kier molecular flexibility index (Phi) is 4.29. The van der Waals surface area contributed by atoms with E-state index < -0.39 is 15.8 Å². The second-order valence-corrected chi connectivity index (χ2v) is 8.90. The van der Waals surface area contributed by atoms with Gasteiger partial charge < -0.3 is 9.64 Å². The fourth-order valence-corrected chi connectivity index (χ4v) is 5.68. The fourth-order valence-electron chi connectivity index (χ4n) is 4.12. The Morgan fingerprint density at radius 3 is 2.76 bits per heavy atom. The van der Waals surface area contributed by atoms with Crippen LogP contribution in [-0.4, -0.2) is 62.4 Å². The Morgan fingerprint density at radius 2 is 2.04 bits per heavy atom. The van der Waals surface area contributed by atoms with E-state index in [1.807, 2.05) is 4.90 Å². The van der Waals surface area contributed by atoms with Crippen LogP contribution in [0.4, 0.5) is 4.39 Å². The highest BCUT2D eigenvalue weighted by atomic mass is 32.2. The minimum atomic E-state index is -3.88. The molecule has 136 valence electrons. The average Bonchev–Trinajstić information content (AvgIpc) is 3.26. The van der Waals surface area contributed by atoms with Gasteiger partial charge in [0, 0.05) is 44.4 Å². The average molecular weight is 368 g/mol. The van der Waals surface area contributed by atoms with Crippen LogP contribution in [0.2, 0.25) is 0 Å². The molecular formula is C17H21FN2O4S. The zero-order chi connectivity index (χ0) is 17.6. The van der Waals surface area contributed by atoms with Crippen LogP contribution in [0.1, 0.15) is 12.8 Å². The lowest BCUT2D eigenvalue weighted by atomic mass is 9.93. The minimum absolute atomic E-state index is 0.0509. The molecular weight excluding hydrogens is 347 g/mol. The number of halogens is 1. The molecule has 25 heavy (non-hydrogen) atoms. The van der Waals surface area contributed by atoms with Crippen molar-refractivity contribution in [3.63, 3.8) is 0 Å². The van der Waals surface area contributed by atoms with Crippen LogP contribution in [-0.2, 0) is 19.6 Å². The summed E-state index contributed by atoms with van der Waals surface area (Å²) in [4.78, 5) is 13.4. The molecule has 0 N–H and O–H groups in total. The largest absolute Gasteiger partial charge is 0.376 e. The van der Waals surface area contributed by atoms with Gasteiger partial charge in [0.2, 0.25) is 15.9 Å². The highest BCUT2D eigenvalue weighted by Crippen LogP contribution is 2.37. The molecule has 0 bridgehead atoms. The molecule has 3 fully saturated rings. The third-order valence-electron chi connectivity index (χ3n) is 5.49. The number of fused-ring (bicyclic) bond motifs is 1. The number of amides is 1. The zero-order valence-corrected chi connectivity index (χ0v) is 14.6. The second-order valence-electron chi connectivity index (χ2n) is 6.99. The number of carbonyl (C=O) groups excluding carboxylic acids is 1. The van der Waals surface area contributed by atoms with Crippen molar-refractivity contribution >= 4 is 15.9 Å². The maximum Gasteiger partial charge on any atom is 0.246 e. The number of sulfonamides is 1. The standard InChI is InChI=1S/C17H21FN2O4S/c18-14-4-1-2-5-16(14)25(22,23)20-9-13-12(11-24-15(13)10-20)8-19-7-3-6-17(19)21/h1-2,4-5,12-13,15H,3,6-11H2/t12-,13+,15+/m0/s1. The normalized spacial score (nSPS) is 30.2. The fraction of sp³-hybridized carbons (Fsp3) is 0.588. The molecule has 0 aliphatic carbocycles. The molecule has 4 rings (SSSR count). The molecule has 1 amide bonds. The summed E-state index contributed by atoms with van der Waals surface area (Å²) >= 11 is 0. The van der Waals surface area contributed by atoms with E-state index in [-0.39, 0.29) is 35.3 Å². The van der Waals surface area contributed by atoms with Gasteiger partial charge in [-0.3, -0.25) is 4.79 Å². The van der Waals surface area contributed by atoms with E-state index in [0.717, 1.165) is 19.0 Å². The van der Waals surface area contributed by atoms with Crippen molar-refractivity contribution in [1.82, 2.24) is 9.21 Å². The van der Waals surface area contributed by atoms with Crippen LogP contribution in [0.5, 0.6) is 0 Å². The number of carbonyl (C=O) groups is 1. The van der Waals surface area contributed by atoms with Crippen molar-refractivity contribution in [2.24, 2.45) is 11.8 Å². The van der Waals surface area contributed by atoms with Crippen LogP contribution in [0.25, 0.3) is 0 Å². The summed E-state index contributed by atoms with van der Waals surface area (Å²) in [6.45, 7) is 2.49.